The molecule has 0 spiro atoms. The Hall–Kier alpha value is -3.34. The lowest BCUT2D eigenvalue weighted by molar-refractivity contribution is -0.384. The number of aliphatic hydroxyl groups excluding tert-OH is 1. The van der Waals surface area contributed by atoms with E-state index in [1.807, 2.05) is 6.07 Å². The average Bonchev–Trinajstić information content (AvgIpc) is 2.54. The second-order valence-electron chi connectivity index (χ2n) is 4.90. The molecule has 1 aliphatic rings. The third-order valence-corrected chi connectivity index (χ3v) is 3.49. The summed E-state index contributed by atoms with van der Waals surface area (Å²) >= 11 is 0. The van der Waals surface area contributed by atoms with Crippen molar-refractivity contribution in [2.45, 2.75) is 19.8 Å². The normalized spacial score (nSPS) is 17.1. The molecule has 0 fully saturated rings. The Morgan fingerprint density at radius 2 is 2.08 bits per heavy atom. The quantitative estimate of drug-likeness (QED) is 0.511. The number of carbonyl (C=O) groups excluding carboxylic acids is 1. The van der Waals surface area contributed by atoms with E-state index in [9.17, 15) is 25.3 Å². The first kappa shape index (κ1) is 17.0. The van der Waals surface area contributed by atoms with Gasteiger partial charge in [0.1, 0.15) is 17.4 Å². The number of non-ortho nitro benzene ring substituents is 1. The molecule has 124 valence electrons. The number of nitriles is 1. The molecule has 0 unspecified atom stereocenters. The fourth-order valence-electron chi connectivity index (χ4n) is 2.43. The van der Waals surface area contributed by atoms with Gasteiger partial charge in [-0.3, -0.25) is 10.1 Å². The van der Waals surface area contributed by atoms with Gasteiger partial charge in [-0.15, -0.1) is 0 Å². The van der Waals surface area contributed by atoms with Crippen molar-refractivity contribution in [3.05, 3.63) is 62.8 Å². The van der Waals surface area contributed by atoms with E-state index < -0.39 is 22.8 Å². The van der Waals surface area contributed by atoms with E-state index >= 15 is 0 Å². The highest BCUT2D eigenvalue weighted by Crippen LogP contribution is 2.40. The van der Waals surface area contributed by atoms with E-state index in [-0.39, 0.29) is 29.2 Å². The number of carbonyl (C=O) groups is 1. The van der Waals surface area contributed by atoms with Gasteiger partial charge in [0, 0.05) is 12.1 Å². The fraction of sp³-hybridized carbons (Fsp3) is 0.250. The number of esters is 1. The van der Waals surface area contributed by atoms with E-state index in [1.54, 1.807) is 6.92 Å². The SMILES string of the molecule is CCOC(=O)C1=C(C)OC(O)=C(C#N)[C@@H]1c1ccc([N+](=O)[O-])cc1. The van der Waals surface area contributed by atoms with Gasteiger partial charge < -0.3 is 14.6 Å². The topological polar surface area (TPSA) is 123 Å². The van der Waals surface area contributed by atoms with Gasteiger partial charge in [0.15, 0.2) is 0 Å². The minimum atomic E-state index is -0.927. The van der Waals surface area contributed by atoms with Crippen LogP contribution in [-0.2, 0) is 14.3 Å². The van der Waals surface area contributed by atoms with E-state index in [2.05, 4.69) is 0 Å². The molecule has 1 aromatic carbocycles. The van der Waals surface area contributed by atoms with Crippen LogP contribution in [-0.4, -0.2) is 22.6 Å². The fourth-order valence-corrected chi connectivity index (χ4v) is 2.43. The van der Waals surface area contributed by atoms with Crippen LogP contribution in [0.15, 0.2) is 47.1 Å². The van der Waals surface area contributed by atoms with Crippen molar-refractivity contribution in [2.75, 3.05) is 6.61 Å². The molecule has 8 heteroatoms. The molecule has 1 aliphatic heterocycles. The maximum absolute atomic E-state index is 12.3. The lowest BCUT2D eigenvalue weighted by Crippen LogP contribution is -2.23. The molecule has 0 radical (unpaired) electrons. The number of hydrogen-bond donors (Lipinski definition) is 1. The summed E-state index contributed by atoms with van der Waals surface area (Å²) in [5.74, 6) is -2.11. The maximum atomic E-state index is 12.3. The van der Waals surface area contributed by atoms with Gasteiger partial charge in [-0.05, 0) is 19.4 Å². The number of hydrogen-bond acceptors (Lipinski definition) is 7. The number of ether oxygens (including phenoxy) is 2. The highest BCUT2D eigenvalue weighted by atomic mass is 16.6. The lowest BCUT2D eigenvalue weighted by Gasteiger charge is -2.25. The minimum absolute atomic E-state index is 0.0695. The number of allylic oxidation sites excluding steroid dienone is 2. The zero-order chi connectivity index (χ0) is 17.9. The number of nitrogens with zero attached hydrogens (tertiary/aromatic N) is 2. The Kier molecular flexibility index (Phi) is 4.84. The first-order valence-corrected chi connectivity index (χ1v) is 7.04. The third kappa shape index (κ3) is 3.05. The van der Waals surface area contributed by atoms with E-state index in [0.29, 0.717) is 5.56 Å². The van der Waals surface area contributed by atoms with Crippen molar-refractivity contribution in [2.24, 2.45) is 0 Å². The third-order valence-electron chi connectivity index (χ3n) is 3.49. The van der Waals surface area contributed by atoms with Crippen LogP contribution in [0.25, 0.3) is 0 Å². The van der Waals surface area contributed by atoms with Crippen LogP contribution in [0.1, 0.15) is 25.3 Å². The number of nitro groups is 1. The zero-order valence-electron chi connectivity index (χ0n) is 13.0. The van der Waals surface area contributed by atoms with Crippen LogP contribution >= 0.6 is 0 Å². The number of rotatable bonds is 4. The van der Waals surface area contributed by atoms with Crippen LogP contribution in [0.5, 0.6) is 0 Å². The molecule has 0 amide bonds. The smallest absolute Gasteiger partial charge is 0.338 e. The van der Waals surface area contributed by atoms with Gasteiger partial charge in [-0.2, -0.15) is 5.26 Å². The summed E-state index contributed by atoms with van der Waals surface area (Å²) in [4.78, 5) is 22.5. The van der Waals surface area contributed by atoms with Crippen LogP contribution in [0.3, 0.4) is 0 Å². The summed E-state index contributed by atoms with van der Waals surface area (Å²) in [6, 6.07) is 7.18. The molecular formula is C16H14N2O6. The molecule has 2 rings (SSSR count). The molecule has 1 atom stereocenters. The number of aliphatic hydroxyl groups is 1. The molecule has 8 nitrogen and oxygen atoms in total. The molecule has 0 aliphatic carbocycles. The first-order chi connectivity index (χ1) is 11.4. The van der Waals surface area contributed by atoms with Crippen molar-refractivity contribution in [3.8, 4) is 6.07 Å². The molecule has 0 saturated heterocycles. The number of benzene rings is 1. The van der Waals surface area contributed by atoms with Crippen LogP contribution in [0.4, 0.5) is 5.69 Å². The lowest BCUT2D eigenvalue weighted by atomic mass is 9.83. The van der Waals surface area contributed by atoms with Gasteiger partial charge in [0.05, 0.1) is 23.0 Å². The summed E-state index contributed by atoms with van der Waals surface area (Å²) in [6.07, 6.45) is 0. The zero-order valence-corrected chi connectivity index (χ0v) is 13.0. The summed E-state index contributed by atoms with van der Waals surface area (Å²) in [5.41, 5.74) is 0.197. The summed E-state index contributed by atoms with van der Waals surface area (Å²) in [5, 5.41) is 30.0. The van der Waals surface area contributed by atoms with Gasteiger partial charge in [0.2, 0.25) is 0 Å². The highest BCUT2D eigenvalue weighted by molar-refractivity contribution is 5.92. The largest absolute Gasteiger partial charge is 0.480 e. The Morgan fingerprint density at radius 1 is 1.46 bits per heavy atom. The molecule has 1 N–H and O–H groups in total. The predicted molar refractivity (Wildman–Crippen MR) is 81.5 cm³/mol. The van der Waals surface area contributed by atoms with Crippen molar-refractivity contribution >= 4 is 11.7 Å². The predicted octanol–water partition coefficient (Wildman–Crippen LogP) is 2.84. The second kappa shape index (κ2) is 6.83. The summed E-state index contributed by atoms with van der Waals surface area (Å²) in [7, 11) is 0. The van der Waals surface area contributed by atoms with Gasteiger partial charge in [-0.1, -0.05) is 12.1 Å². The molecule has 0 saturated carbocycles. The average molecular weight is 330 g/mol. The molecule has 1 heterocycles. The Morgan fingerprint density at radius 3 is 2.58 bits per heavy atom. The van der Waals surface area contributed by atoms with Crippen molar-refractivity contribution in [1.82, 2.24) is 0 Å². The summed E-state index contributed by atoms with van der Waals surface area (Å²) in [6.45, 7) is 3.23. The first-order valence-electron chi connectivity index (χ1n) is 7.04. The Balaban J connectivity index is 2.57. The highest BCUT2D eigenvalue weighted by Gasteiger charge is 2.37. The summed E-state index contributed by atoms with van der Waals surface area (Å²) < 4.78 is 10.1. The van der Waals surface area contributed by atoms with E-state index in [4.69, 9.17) is 9.47 Å². The van der Waals surface area contributed by atoms with Gasteiger partial charge >= 0.3 is 5.97 Å². The van der Waals surface area contributed by atoms with Crippen molar-refractivity contribution < 1.29 is 24.3 Å². The second-order valence-corrected chi connectivity index (χ2v) is 4.90. The molecule has 24 heavy (non-hydrogen) atoms. The molecular weight excluding hydrogens is 316 g/mol. The van der Waals surface area contributed by atoms with Crippen molar-refractivity contribution in [3.63, 3.8) is 0 Å². The van der Waals surface area contributed by atoms with Crippen molar-refractivity contribution in [1.29, 1.82) is 5.26 Å². The van der Waals surface area contributed by atoms with Gasteiger partial charge in [-0.25, -0.2) is 4.79 Å². The molecule has 0 aromatic heterocycles. The minimum Gasteiger partial charge on any atom is -0.480 e. The van der Waals surface area contributed by atoms with E-state index in [1.165, 1.54) is 31.2 Å². The maximum Gasteiger partial charge on any atom is 0.338 e. The van der Waals surface area contributed by atoms with Crippen LogP contribution < -0.4 is 0 Å². The van der Waals surface area contributed by atoms with Gasteiger partial charge in [0.25, 0.3) is 11.6 Å². The van der Waals surface area contributed by atoms with E-state index in [0.717, 1.165) is 0 Å². The Labute approximate surface area is 137 Å². The monoisotopic (exact) mass is 330 g/mol. The number of nitro benzene ring substituents is 1. The Bertz CT molecular complexity index is 786. The van der Waals surface area contributed by atoms with Crippen LogP contribution in [0, 0.1) is 21.4 Å². The molecule has 0 bridgehead atoms. The standard InChI is InChI=1S/C16H14N2O6/c1-3-23-16(20)13-9(2)24-15(19)12(8-17)14(13)10-4-6-11(7-5-10)18(21)22/h4-7,14,19H,3H2,1-2H3/t14-/m0/s1. The van der Waals surface area contributed by atoms with Crippen LogP contribution in [0.2, 0.25) is 0 Å². The molecule has 1 aromatic rings.